The van der Waals surface area contributed by atoms with Gasteiger partial charge in [-0.2, -0.15) is 0 Å². The van der Waals surface area contributed by atoms with E-state index in [1.165, 1.54) is 5.56 Å². The van der Waals surface area contributed by atoms with Gasteiger partial charge in [0, 0.05) is 0 Å². The Kier molecular flexibility index (Phi) is 6.96. The minimum absolute atomic E-state index is 0.0316. The van der Waals surface area contributed by atoms with E-state index >= 15 is 0 Å². The van der Waals surface area contributed by atoms with E-state index in [1.807, 2.05) is 30.3 Å². The van der Waals surface area contributed by atoms with Crippen molar-refractivity contribution in [1.29, 1.82) is 0 Å². The zero-order valence-corrected chi connectivity index (χ0v) is 19.4. The molecule has 0 saturated heterocycles. The van der Waals surface area contributed by atoms with Crippen LogP contribution in [0.15, 0.2) is 48.5 Å². The number of hydrazine groups is 1. The molecule has 2 N–H and O–H groups in total. The van der Waals surface area contributed by atoms with Crippen LogP contribution in [0.1, 0.15) is 46.6 Å². The Labute approximate surface area is 189 Å². The van der Waals surface area contributed by atoms with Crippen LogP contribution in [-0.4, -0.2) is 31.1 Å². The Hall–Kier alpha value is -3.22. The van der Waals surface area contributed by atoms with E-state index in [-0.39, 0.29) is 24.0 Å². The first-order chi connectivity index (χ1) is 15.0. The summed E-state index contributed by atoms with van der Waals surface area (Å²) >= 11 is 0. The van der Waals surface area contributed by atoms with E-state index in [9.17, 15) is 9.59 Å². The number of amides is 2. The molecule has 1 aliphatic rings. The molecular formula is C25H32N2O5. The van der Waals surface area contributed by atoms with E-state index < -0.39 is 17.9 Å². The second kappa shape index (κ2) is 9.51. The number of carbonyl (C=O) groups excluding carboxylic acids is 2. The zero-order chi connectivity index (χ0) is 23.4. The van der Waals surface area contributed by atoms with E-state index in [4.69, 9.17) is 14.2 Å². The molecule has 32 heavy (non-hydrogen) atoms. The van der Waals surface area contributed by atoms with Crippen molar-refractivity contribution in [3.8, 4) is 17.2 Å². The third-order valence-corrected chi connectivity index (χ3v) is 5.10. The summed E-state index contributed by atoms with van der Waals surface area (Å²) in [4.78, 5) is 24.3. The highest BCUT2D eigenvalue weighted by atomic mass is 16.6. The molecule has 1 aliphatic heterocycles. The van der Waals surface area contributed by atoms with Gasteiger partial charge in [-0.3, -0.25) is 20.4 Å². The fourth-order valence-corrected chi connectivity index (χ4v) is 3.98. The second-order valence-corrected chi connectivity index (χ2v) is 9.84. The molecule has 3 rings (SSSR count). The first kappa shape index (κ1) is 23.4. The van der Waals surface area contributed by atoms with Crippen molar-refractivity contribution in [1.82, 2.24) is 10.9 Å². The van der Waals surface area contributed by atoms with E-state index in [0.717, 1.165) is 6.42 Å². The van der Waals surface area contributed by atoms with Crippen LogP contribution in [0.2, 0.25) is 0 Å². The monoisotopic (exact) mass is 440 g/mol. The predicted octanol–water partition coefficient (Wildman–Crippen LogP) is 3.77. The van der Waals surface area contributed by atoms with Gasteiger partial charge >= 0.3 is 0 Å². The van der Waals surface area contributed by atoms with Crippen molar-refractivity contribution in [2.75, 3.05) is 13.2 Å². The normalized spacial score (nSPS) is 15.6. The van der Waals surface area contributed by atoms with Gasteiger partial charge < -0.3 is 14.2 Å². The molecule has 1 heterocycles. The maximum absolute atomic E-state index is 12.2. The lowest BCUT2D eigenvalue weighted by Crippen LogP contribution is -2.51. The molecule has 0 unspecified atom stereocenters. The topological polar surface area (TPSA) is 85.9 Å². The average Bonchev–Trinajstić information content (AvgIpc) is 2.74. The third kappa shape index (κ3) is 6.39. The van der Waals surface area contributed by atoms with Crippen LogP contribution in [0.4, 0.5) is 0 Å². The standard InChI is InChI=1S/C25H32N2O5/c1-24(2,3)16-25(4,5)17-10-12-18(13-11-17)30-15-22(28)26-27-23(29)21-14-31-19-8-6-7-9-20(19)32-21/h6-13,21H,14-16H2,1-5H3,(H,26,28)(H,27,29)/t21-/m0/s1. The van der Waals surface area contributed by atoms with Gasteiger partial charge in [0.15, 0.2) is 18.1 Å². The van der Waals surface area contributed by atoms with E-state index in [1.54, 1.807) is 18.2 Å². The number of benzene rings is 2. The maximum Gasteiger partial charge on any atom is 0.283 e. The van der Waals surface area contributed by atoms with Crippen LogP contribution < -0.4 is 25.1 Å². The highest BCUT2D eigenvalue weighted by molar-refractivity contribution is 5.85. The number of nitrogens with one attached hydrogen (secondary N) is 2. The minimum Gasteiger partial charge on any atom is -0.485 e. The van der Waals surface area contributed by atoms with Crippen molar-refractivity contribution >= 4 is 11.8 Å². The second-order valence-electron chi connectivity index (χ2n) is 9.84. The molecule has 0 aromatic heterocycles. The smallest absolute Gasteiger partial charge is 0.283 e. The number of fused-ring (bicyclic) bond motifs is 1. The third-order valence-electron chi connectivity index (χ3n) is 5.10. The number of hydrogen-bond acceptors (Lipinski definition) is 5. The summed E-state index contributed by atoms with van der Waals surface area (Å²) in [6, 6.07) is 14.9. The molecule has 2 amide bonds. The lowest BCUT2D eigenvalue weighted by Gasteiger charge is -2.33. The lowest BCUT2D eigenvalue weighted by atomic mass is 9.72. The number of carbonyl (C=O) groups is 2. The zero-order valence-electron chi connectivity index (χ0n) is 19.4. The van der Waals surface area contributed by atoms with Crippen molar-refractivity contribution in [3.05, 3.63) is 54.1 Å². The lowest BCUT2D eigenvalue weighted by molar-refractivity contribution is -0.135. The predicted molar refractivity (Wildman–Crippen MR) is 122 cm³/mol. The van der Waals surface area contributed by atoms with Crippen LogP contribution in [0, 0.1) is 5.41 Å². The number of rotatable bonds is 6. The Morgan fingerprint density at radius 2 is 1.62 bits per heavy atom. The molecule has 7 heteroatoms. The average molecular weight is 441 g/mol. The molecule has 2 aromatic carbocycles. The van der Waals surface area contributed by atoms with Gasteiger partial charge in [-0.05, 0) is 47.1 Å². The van der Waals surface area contributed by atoms with Gasteiger partial charge in [-0.25, -0.2) is 0 Å². The summed E-state index contributed by atoms with van der Waals surface area (Å²) in [7, 11) is 0. The van der Waals surface area contributed by atoms with Gasteiger partial charge in [0.2, 0.25) is 6.10 Å². The van der Waals surface area contributed by atoms with E-state index in [2.05, 4.69) is 45.5 Å². The molecule has 0 radical (unpaired) electrons. The van der Waals surface area contributed by atoms with Gasteiger partial charge in [0.05, 0.1) is 0 Å². The van der Waals surface area contributed by atoms with Gasteiger partial charge in [-0.1, -0.05) is 58.9 Å². The first-order valence-corrected chi connectivity index (χ1v) is 10.7. The molecule has 0 aliphatic carbocycles. The SMILES string of the molecule is CC(C)(C)CC(C)(C)c1ccc(OCC(=O)NNC(=O)[C@@H]2COc3ccccc3O2)cc1. The van der Waals surface area contributed by atoms with Gasteiger partial charge in [-0.15, -0.1) is 0 Å². The fraction of sp³-hybridized carbons (Fsp3) is 0.440. The largest absolute Gasteiger partial charge is 0.485 e. The van der Waals surface area contributed by atoms with Gasteiger partial charge in [0.1, 0.15) is 12.4 Å². The number of hydrogen-bond donors (Lipinski definition) is 2. The summed E-state index contributed by atoms with van der Waals surface area (Å²) in [6.07, 6.45) is 0.194. The molecule has 0 spiro atoms. The molecule has 0 bridgehead atoms. The molecule has 0 fully saturated rings. The number of para-hydroxylation sites is 2. The molecule has 172 valence electrons. The van der Waals surface area contributed by atoms with Crippen LogP contribution in [-0.2, 0) is 15.0 Å². The summed E-state index contributed by atoms with van der Waals surface area (Å²) in [5, 5.41) is 0. The Morgan fingerprint density at radius 1 is 0.969 bits per heavy atom. The fourth-order valence-electron chi connectivity index (χ4n) is 3.98. The van der Waals surface area contributed by atoms with Crippen LogP contribution in [0.5, 0.6) is 17.2 Å². The Balaban J connectivity index is 1.44. The van der Waals surface area contributed by atoms with Crippen LogP contribution >= 0.6 is 0 Å². The quantitative estimate of drug-likeness (QED) is 0.668. The summed E-state index contributed by atoms with van der Waals surface area (Å²) < 4.78 is 16.7. The molecule has 2 aromatic rings. The molecule has 1 atom stereocenters. The van der Waals surface area contributed by atoms with Crippen molar-refractivity contribution in [2.45, 2.75) is 52.6 Å². The van der Waals surface area contributed by atoms with E-state index in [0.29, 0.717) is 17.2 Å². The Bertz CT molecular complexity index is 948. The summed E-state index contributed by atoms with van der Waals surface area (Å²) in [5.41, 5.74) is 6.15. The van der Waals surface area contributed by atoms with Crippen molar-refractivity contribution in [3.63, 3.8) is 0 Å². The summed E-state index contributed by atoms with van der Waals surface area (Å²) in [6.45, 7) is 11.0. The Morgan fingerprint density at radius 3 is 2.28 bits per heavy atom. The maximum atomic E-state index is 12.2. The van der Waals surface area contributed by atoms with Crippen LogP contribution in [0.25, 0.3) is 0 Å². The first-order valence-electron chi connectivity index (χ1n) is 10.7. The highest BCUT2D eigenvalue weighted by Crippen LogP contribution is 2.36. The molecular weight excluding hydrogens is 408 g/mol. The molecule has 0 saturated carbocycles. The number of ether oxygens (including phenoxy) is 3. The molecule has 7 nitrogen and oxygen atoms in total. The van der Waals surface area contributed by atoms with Gasteiger partial charge in [0.25, 0.3) is 11.8 Å². The summed E-state index contributed by atoms with van der Waals surface area (Å²) in [5.74, 6) is 0.679. The highest BCUT2D eigenvalue weighted by Gasteiger charge is 2.28. The van der Waals surface area contributed by atoms with Crippen LogP contribution in [0.3, 0.4) is 0 Å². The van der Waals surface area contributed by atoms with Crippen molar-refractivity contribution in [2.24, 2.45) is 5.41 Å². The van der Waals surface area contributed by atoms with Crippen molar-refractivity contribution < 1.29 is 23.8 Å². The minimum atomic E-state index is -0.852.